The summed E-state index contributed by atoms with van der Waals surface area (Å²) in [5.41, 5.74) is 1.21. The van der Waals surface area contributed by atoms with Crippen molar-refractivity contribution in [2.45, 2.75) is 39.8 Å². The van der Waals surface area contributed by atoms with Crippen molar-refractivity contribution in [3.05, 3.63) is 42.5 Å². The number of amides is 2. The maximum Gasteiger partial charge on any atom is 0.329 e. The molecule has 0 aliphatic heterocycles. The van der Waals surface area contributed by atoms with E-state index >= 15 is 0 Å². The molecule has 1 aromatic carbocycles. The predicted molar refractivity (Wildman–Crippen MR) is 120 cm³/mol. The summed E-state index contributed by atoms with van der Waals surface area (Å²) in [5, 5.41) is 5.27. The number of esters is 1. The number of carbonyl (C=O) groups excluding carboxylic acids is 3. The van der Waals surface area contributed by atoms with Crippen molar-refractivity contribution in [1.29, 1.82) is 0 Å². The smallest absolute Gasteiger partial charge is 0.329 e. The molecular formula is C22H26N6O5. The fraction of sp³-hybridized carbons (Fsp3) is 0.364. The molecule has 2 aromatic heterocycles. The molecule has 2 heterocycles. The summed E-state index contributed by atoms with van der Waals surface area (Å²) in [6.45, 7) is 7.36. The maximum atomic E-state index is 12.8. The molecular weight excluding hydrogens is 428 g/mol. The number of anilines is 1. The van der Waals surface area contributed by atoms with Crippen molar-refractivity contribution in [3.63, 3.8) is 0 Å². The zero-order chi connectivity index (χ0) is 24.0. The Morgan fingerprint density at radius 1 is 1.06 bits per heavy atom. The van der Waals surface area contributed by atoms with Crippen LogP contribution in [0.1, 0.15) is 38.1 Å². The topological polar surface area (TPSA) is 148 Å². The van der Waals surface area contributed by atoms with Gasteiger partial charge in [0.25, 0.3) is 11.8 Å². The average Bonchev–Trinajstić information content (AvgIpc) is 3.27. The van der Waals surface area contributed by atoms with Crippen LogP contribution in [0.25, 0.3) is 11.2 Å². The lowest BCUT2D eigenvalue weighted by molar-refractivity contribution is -0.156. The van der Waals surface area contributed by atoms with E-state index < -0.39 is 29.9 Å². The summed E-state index contributed by atoms with van der Waals surface area (Å²) >= 11 is 0. The Labute approximate surface area is 190 Å². The number of fused-ring (bicyclic) bond motifs is 1. The van der Waals surface area contributed by atoms with Gasteiger partial charge < -0.3 is 25.1 Å². The molecule has 0 saturated heterocycles. The van der Waals surface area contributed by atoms with Crippen LogP contribution in [0.2, 0.25) is 0 Å². The summed E-state index contributed by atoms with van der Waals surface area (Å²) in [6.07, 6.45) is 1.56. The summed E-state index contributed by atoms with van der Waals surface area (Å²) in [7, 11) is 0. The highest BCUT2D eigenvalue weighted by Gasteiger charge is 2.29. The minimum absolute atomic E-state index is 0.217. The molecule has 2 amide bonds. The van der Waals surface area contributed by atoms with E-state index in [2.05, 4.69) is 30.6 Å². The SMILES string of the molecule is CCOc1ccc(C(=O)N[C@H](C(=O)OC(C)C(=O)Nc2ncnc3nc[nH]c23)C(C)C)cc1. The van der Waals surface area contributed by atoms with Crippen LogP contribution in [0.4, 0.5) is 5.82 Å². The summed E-state index contributed by atoms with van der Waals surface area (Å²) in [5.74, 6) is -1.15. The zero-order valence-electron chi connectivity index (χ0n) is 18.8. The van der Waals surface area contributed by atoms with Gasteiger partial charge in [-0.15, -0.1) is 0 Å². The van der Waals surface area contributed by atoms with E-state index in [4.69, 9.17) is 9.47 Å². The van der Waals surface area contributed by atoms with Gasteiger partial charge in [-0.2, -0.15) is 0 Å². The zero-order valence-corrected chi connectivity index (χ0v) is 18.8. The van der Waals surface area contributed by atoms with E-state index in [0.717, 1.165) is 0 Å². The number of imidazole rings is 1. The molecule has 0 aliphatic carbocycles. The monoisotopic (exact) mass is 454 g/mol. The van der Waals surface area contributed by atoms with Gasteiger partial charge in [-0.25, -0.2) is 19.7 Å². The van der Waals surface area contributed by atoms with Crippen LogP contribution in [0.3, 0.4) is 0 Å². The first-order valence-corrected chi connectivity index (χ1v) is 10.5. The fourth-order valence-electron chi connectivity index (χ4n) is 2.97. The third-order valence-corrected chi connectivity index (χ3v) is 4.76. The first-order valence-electron chi connectivity index (χ1n) is 10.5. The molecule has 0 fully saturated rings. The predicted octanol–water partition coefficient (Wildman–Crippen LogP) is 2.08. The molecule has 33 heavy (non-hydrogen) atoms. The molecule has 174 valence electrons. The maximum absolute atomic E-state index is 12.8. The number of aromatic nitrogens is 4. The van der Waals surface area contributed by atoms with Gasteiger partial charge in [-0.05, 0) is 44.0 Å². The van der Waals surface area contributed by atoms with Crippen LogP contribution in [-0.4, -0.2) is 56.5 Å². The Morgan fingerprint density at radius 2 is 1.79 bits per heavy atom. The number of carbonyl (C=O) groups is 3. The lowest BCUT2D eigenvalue weighted by Crippen LogP contribution is -2.47. The van der Waals surface area contributed by atoms with Crippen LogP contribution in [0, 0.1) is 5.92 Å². The summed E-state index contributed by atoms with van der Waals surface area (Å²) in [4.78, 5) is 52.8. The second kappa shape index (κ2) is 10.5. The number of nitrogens with one attached hydrogen (secondary N) is 3. The lowest BCUT2D eigenvalue weighted by Gasteiger charge is -2.23. The number of hydrogen-bond acceptors (Lipinski definition) is 8. The Balaban J connectivity index is 1.62. The fourth-order valence-corrected chi connectivity index (χ4v) is 2.97. The van der Waals surface area contributed by atoms with Crippen molar-refractivity contribution >= 4 is 34.8 Å². The van der Waals surface area contributed by atoms with E-state index in [0.29, 0.717) is 29.1 Å². The molecule has 3 rings (SSSR count). The Bertz CT molecular complexity index is 1130. The number of ether oxygens (including phenoxy) is 2. The molecule has 0 radical (unpaired) electrons. The van der Waals surface area contributed by atoms with Crippen LogP contribution in [-0.2, 0) is 14.3 Å². The van der Waals surface area contributed by atoms with Crippen LogP contribution < -0.4 is 15.4 Å². The van der Waals surface area contributed by atoms with Crippen molar-refractivity contribution in [1.82, 2.24) is 25.3 Å². The number of aromatic amines is 1. The van der Waals surface area contributed by atoms with Gasteiger partial charge in [0.2, 0.25) is 0 Å². The van der Waals surface area contributed by atoms with Gasteiger partial charge >= 0.3 is 5.97 Å². The molecule has 1 unspecified atom stereocenters. The molecule has 11 heteroatoms. The molecule has 3 N–H and O–H groups in total. The first kappa shape index (κ1) is 23.6. The third kappa shape index (κ3) is 5.82. The van der Waals surface area contributed by atoms with E-state index in [1.54, 1.807) is 38.1 Å². The average molecular weight is 454 g/mol. The number of rotatable bonds is 9. The summed E-state index contributed by atoms with van der Waals surface area (Å²) in [6, 6.07) is 5.63. The van der Waals surface area contributed by atoms with E-state index in [1.807, 2.05) is 6.92 Å². The molecule has 0 saturated carbocycles. The normalized spacial score (nSPS) is 12.8. The standard InChI is InChI=1S/C22H26N6O5/c1-5-32-15-8-6-14(7-9-15)21(30)27-16(12(2)3)22(31)33-13(4)20(29)28-19-17-18(24-10-23-17)25-11-26-19/h6-13,16H,5H2,1-4H3,(H,27,30)(H2,23,24,25,26,28,29)/t13?,16-/m0/s1. The minimum Gasteiger partial charge on any atom is -0.494 e. The van der Waals surface area contributed by atoms with Gasteiger partial charge in [-0.3, -0.25) is 9.59 Å². The van der Waals surface area contributed by atoms with Gasteiger partial charge in [0.1, 0.15) is 23.6 Å². The van der Waals surface area contributed by atoms with Gasteiger partial charge in [0.15, 0.2) is 17.6 Å². The molecule has 11 nitrogen and oxygen atoms in total. The third-order valence-electron chi connectivity index (χ3n) is 4.76. The number of H-pyrrole nitrogens is 1. The highest BCUT2D eigenvalue weighted by atomic mass is 16.5. The van der Waals surface area contributed by atoms with Crippen molar-refractivity contribution in [3.8, 4) is 5.75 Å². The number of nitrogens with zero attached hydrogens (tertiary/aromatic N) is 3. The second-order valence-corrected chi connectivity index (χ2v) is 7.54. The molecule has 0 bridgehead atoms. The molecule has 3 aromatic rings. The summed E-state index contributed by atoms with van der Waals surface area (Å²) < 4.78 is 10.7. The second-order valence-electron chi connectivity index (χ2n) is 7.54. The van der Waals surface area contributed by atoms with Crippen molar-refractivity contribution in [2.24, 2.45) is 5.92 Å². The van der Waals surface area contributed by atoms with E-state index in [1.165, 1.54) is 19.6 Å². The Morgan fingerprint density at radius 3 is 2.45 bits per heavy atom. The molecule has 0 aliphatic rings. The van der Waals surface area contributed by atoms with Gasteiger partial charge in [-0.1, -0.05) is 13.8 Å². The molecule has 0 spiro atoms. The largest absolute Gasteiger partial charge is 0.494 e. The minimum atomic E-state index is -1.13. The van der Waals surface area contributed by atoms with Crippen molar-refractivity contribution < 1.29 is 23.9 Å². The molecule has 2 atom stereocenters. The number of hydrogen-bond donors (Lipinski definition) is 3. The highest BCUT2D eigenvalue weighted by molar-refractivity contribution is 6.00. The van der Waals surface area contributed by atoms with Gasteiger partial charge in [0.05, 0.1) is 12.9 Å². The lowest BCUT2D eigenvalue weighted by atomic mass is 10.0. The van der Waals surface area contributed by atoms with Crippen LogP contribution >= 0.6 is 0 Å². The van der Waals surface area contributed by atoms with Crippen LogP contribution in [0.15, 0.2) is 36.9 Å². The van der Waals surface area contributed by atoms with E-state index in [-0.39, 0.29) is 11.7 Å². The van der Waals surface area contributed by atoms with Crippen LogP contribution in [0.5, 0.6) is 5.75 Å². The Kier molecular flexibility index (Phi) is 7.54. The van der Waals surface area contributed by atoms with Gasteiger partial charge in [0, 0.05) is 5.56 Å². The number of benzene rings is 1. The Hall–Kier alpha value is -4.02. The quantitative estimate of drug-likeness (QED) is 0.416. The van der Waals surface area contributed by atoms with Crippen molar-refractivity contribution in [2.75, 3.05) is 11.9 Å². The van der Waals surface area contributed by atoms with E-state index in [9.17, 15) is 14.4 Å². The first-order chi connectivity index (χ1) is 15.8. The highest BCUT2D eigenvalue weighted by Crippen LogP contribution is 2.16.